The Bertz CT molecular complexity index is 902. The molecule has 0 spiro atoms. The largest absolute Gasteiger partial charge is 0.353 e. The molecule has 2 aromatic heterocycles. The van der Waals surface area contributed by atoms with E-state index in [0.29, 0.717) is 21.8 Å². The fourth-order valence-corrected chi connectivity index (χ4v) is 2.84. The van der Waals surface area contributed by atoms with Crippen molar-refractivity contribution in [3.63, 3.8) is 0 Å². The maximum Gasteiger partial charge on any atom is 0.225 e. The molecule has 3 rings (SSSR count). The van der Waals surface area contributed by atoms with Crippen molar-refractivity contribution in [2.75, 3.05) is 37.8 Å². The van der Waals surface area contributed by atoms with Crippen LogP contribution in [-0.4, -0.2) is 47.0 Å². The zero-order valence-electron chi connectivity index (χ0n) is 15.1. The minimum Gasteiger partial charge on any atom is -0.353 e. The summed E-state index contributed by atoms with van der Waals surface area (Å²) in [5.74, 6) is 1.17. The second-order valence-electron chi connectivity index (χ2n) is 6.18. The van der Waals surface area contributed by atoms with Gasteiger partial charge in [-0.1, -0.05) is 23.2 Å². The Balaban J connectivity index is 1.91. The molecule has 0 unspecified atom stereocenters. The van der Waals surface area contributed by atoms with Crippen molar-refractivity contribution in [1.82, 2.24) is 19.9 Å². The maximum absolute atomic E-state index is 6.27. The van der Waals surface area contributed by atoms with Crippen LogP contribution in [0.15, 0.2) is 48.8 Å². The highest BCUT2D eigenvalue weighted by atomic mass is 35.5. The Labute approximate surface area is 168 Å². The summed E-state index contributed by atoms with van der Waals surface area (Å²) in [6.07, 6.45) is 3.47. The molecule has 0 amide bonds. The van der Waals surface area contributed by atoms with Gasteiger partial charge in [-0.25, -0.2) is 4.98 Å². The lowest BCUT2D eigenvalue weighted by atomic mass is 10.2. The molecule has 8 heteroatoms. The summed E-state index contributed by atoms with van der Waals surface area (Å²) < 4.78 is 0. The molecular formula is C19H20Cl2N6. The molecule has 6 nitrogen and oxygen atoms in total. The normalized spacial score (nSPS) is 10.9. The summed E-state index contributed by atoms with van der Waals surface area (Å²) in [6, 6.07) is 11.0. The summed E-state index contributed by atoms with van der Waals surface area (Å²) in [5.41, 5.74) is 2.46. The Morgan fingerprint density at radius 1 is 1.00 bits per heavy atom. The Kier molecular flexibility index (Phi) is 6.45. The summed E-state index contributed by atoms with van der Waals surface area (Å²) in [7, 11) is 4.04. The van der Waals surface area contributed by atoms with Gasteiger partial charge in [-0.05, 0) is 44.4 Å². The topological polar surface area (TPSA) is 66.0 Å². The molecule has 140 valence electrons. The van der Waals surface area contributed by atoms with Gasteiger partial charge in [-0.3, -0.25) is 4.98 Å². The molecule has 0 saturated heterocycles. The van der Waals surface area contributed by atoms with Crippen molar-refractivity contribution in [1.29, 1.82) is 0 Å². The van der Waals surface area contributed by atoms with Crippen molar-refractivity contribution in [3.05, 3.63) is 58.8 Å². The fraction of sp³-hybridized carbons (Fsp3) is 0.211. The zero-order chi connectivity index (χ0) is 19.2. The van der Waals surface area contributed by atoms with Gasteiger partial charge in [0.1, 0.15) is 5.82 Å². The predicted molar refractivity (Wildman–Crippen MR) is 112 cm³/mol. The van der Waals surface area contributed by atoms with Crippen LogP contribution in [0.3, 0.4) is 0 Å². The van der Waals surface area contributed by atoms with E-state index >= 15 is 0 Å². The smallest absolute Gasteiger partial charge is 0.225 e. The predicted octanol–water partition coefficient (Wildman–Crippen LogP) is 4.56. The van der Waals surface area contributed by atoms with E-state index in [4.69, 9.17) is 23.2 Å². The average Bonchev–Trinajstić information content (AvgIpc) is 2.64. The van der Waals surface area contributed by atoms with Gasteiger partial charge in [0, 0.05) is 42.1 Å². The van der Waals surface area contributed by atoms with Crippen LogP contribution in [0, 0.1) is 0 Å². The monoisotopic (exact) mass is 402 g/mol. The molecule has 0 fully saturated rings. The van der Waals surface area contributed by atoms with E-state index in [0.717, 1.165) is 30.0 Å². The number of hydrogen-bond acceptors (Lipinski definition) is 6. The molecule has 0 aliphatic carbocycles. The van der Waals surface area contributed by atoms with Gasteiger partial charge < -0.3 is 15.5 Å². The fourth-order valence-electron chi connectivity index (χ4n) is 2.38. The van der Waals surface area contributed by atoms with Crippen molar-refractivity contribution in [2.45, 2.75) is 0 Å². The number of benzene rings is 1. The first kappa shape index (κ1) is 19.4. The Morgan fingerprint density at radius 2 is 1.78 bits per heavy atom. The molecule has 1 aromatic carbocycles. The molecule has 0 aliphatic heterocycles. The van der Waals surface area contributed by atoms with Crippen LogP contribution in [0.5, 0.6) is 0 Å². The number of rotatable bonds is 7. The number of pyridine rings is 1. The highest BCUT2D eigenvalue weighted by Crippen LogP contribution is 2.29. The lowest BCUT2D eigenvalue weighted by Gasteiger charge is -2.14. The summed E-state index contributed by atoms with van der Waals surface area (Å²) >= 11 is 12.3. The van der Waals surface area contributed by atoms with E-state index < -0.39 is 0 Å². The molecule has 27 heavy (non-hydrogen) atoms. The molecule has 0 saturated carbocycles. The second-order valence-corrected chi connectivity index (χ2v) is 7.02. The first-order valence-electron chi connectivity index (χ1n) is 8.41. The lowest BCUT2D eigenvalue weighted by Crippen LogP contribution is -2.21. The maximum atomic E-state index is 6.27. The van der Waals surface area contributed by atoms with E-state index in [2.05, 4.69) is 30.5 Å². The van der Waals surface area contributed by atoms with Gasteiger partial charge in [-0.2, -0.15) is 4.98 Å². The van der Waals surface area contributed by atoms with Gasteiger partial charge in [0.15, 0.2) is 0 Å². The molecule has 0 atom stereocenters. The van der Waals surface area contributed by atoms with Crippen LogP contribution in [0.25, 0.3) is 11.3 Å². The van der Waals surface area contributed by atoms with Crippen molar-refractivity contribution < 1.29 is 0 Å². The molecule has 2 heterocycles. The number of aromatic nitrogens is 3. The number of likely N-dealkylation sites (N-methyl/N-ethyl adjacent to an activating group) is 1. The number of nitrogens with one attached hydrogen (secondary N) is 2. The van der Waals surface area contributed by atoms with E-state index in [9.17, 15) is 0 Å². The number of hydrogen-bond donors (Lipinski definition) is 2. The minimum absolute atomic E-state index is 0.522. The van der Waals surface area contributed by atoms with E-state index in [1.807, 2.05) is 38.4 Å². The number of halogens is 2. The number of nitrogens with zero attached hydrogens (tertiary/aromatic N) is 4. The second kappa shape index (κ2) is 8.99. The van der Waals surface area contributed by atoms with Crippen LogP contribution >= 0.6 is 23.2 Å². The van der Waals surface area contributed by atoms with E-state index in [1.54, 1.807) is 24.5 Å². The van der Waals surface area contributed by atoms with Crippen LogP contribution < -0.4 is 10.6 Å². The Morgan fingerprint density at radius 3 is 2.48 bits per heavy atom. The van der Waals surface area contributed by atoms with Gasteiger partial charge in [-0.15, -0.1) is 0 Å². The van der Waals surface area contributed by atoms with Gasteiger partial charge in [0.2, 0.25) is 5.95 Å². The highest BCUT2D eigenvalue weighted by Gasteiger charge is 2.09. The molecular weight excluding hydrogens is 383 g/mol. The molecule has 3 aromatic rings. The Hall–Kier alpha value is -2.41. The third-order valence-corrected chi connectivity index (χ3v) is 4.29. The molecule has 0 radical (unpaired) electrons. The first-order valence-corrected chi connectivity index (χ1v) is 9.17. The van der Waals surface area contributed by atoms with Crippen LogP contribution in [0.1, 0.15) is 0 Å². The lowest BCUT2D eigenvalue weighted by molar-refractivity contribution is 0.425. The third-order valence-electron chi connectivity index (χ3n) is 3.74. The SMILES string of the molecule is CN(C)CCNc1nc(Nc2ccc(Cl)cc2Cl)cc(-c2ccncc2)n1. The van der Waals surface area contributed by atoms with Crippen LogP contribution in [0.2, 0.25) is 10.0 Å². The highest BCUT2D eigenvalue weighted by molar-refractivity contribution is 6.36. The minimum atomic E-state index is 0.522. The number of anilines is 3. The zero-order valence-corrected chi connectivity index (χ0v) is 16.6. The average molecular weight is 403 g/mol. The summed E-state index contributed by atoms with van der Waals surface area (Å²) in [4.78, 5) is 15.3. The van der Waals surface area contributed by atoms with Gasteiger partial charge in [0.25, 0.3) is 0 Å². The molecule has 0 bridgehead atoms. The molecule has 0 aliphatic rings. The molecule has 2 N–H and O–H groups in total. The van der Waals surface area contributed by atoms with Crippen molar-refractivity contribution in [2.24, 2.45) is 0 Å². The van der Waals surface area contributed by atoms with Crippen molar-refractivity contribution >= 4 is 40.7 Å². The quantitative estimate of drug-likeness (QED) is 0.603. The van der Waals surface area contributed by atoms with Crippen molar-refractivity contribution in [3.8, 4) is 11.3 Å². The summed E-state index contributed by atoms with van der Waals surface area (Å²) in [6.45, 7) is 1.60. The summed E-state index contributed by atoms with van der Waals surface area (Å²) in [5, 5.41) is 7.61. The van der Waals surface area contributed by atoms with Gasteiger partial charge >= 0.3 is 0 Å². The first-order chi connectivity index (χ1) is 13.0. The van der Waals surface area contributed by atoms with Gasteiger partial charge in [0.05, 0.1) is 16.4 Å². The van der Waals surface area contributed by atoms with Crippen LogP contribution in [-0.2, 0) is 0 Å². The van der Waals surface area contributed by atoms with Crippen LogP contribution in [0.4, 0.5) is 17.5 Å². The van der Waals surface area contributed by atoms with E-state index in [1.165, 1.54) is 0 Å². The standard InChI is InChI=1S/C19H20Cl2N6/c1-27(2)10-9-23-19-25-17(13-5-7-22-8-6-13)12-18(26-19)24-16-4-3-14(20)11-15(16)21/h3-8,11-12H,9-10H2,1-2H3,(H2,23,24,25,26). The van der Waals surface area contributed by atoms with E-state index in [-0.39, 0.29) is 0 Å². The third kappa shape index (κ3) is 5.53.